The summed E-state index contributed by atoms with van der Waals surface area (Å²) in [5, 5.41) is 4.96. The van der Waals surface area contributed by atoms with Crippen molar-refractivity contribution in [3.63, 3.8) is 0 Å². The summed E-state index contributed by atoms with van der Waals surface area (Å²) in [6.45, 7) is -0.653. The number of sulfonamides is 1. The van der Waals surface area contributed by atoms with Gasteiger partial charge in [0.2, 0.25) is 5.91 Å². The topological polar surface area (TPSA) is 113 Å². The highest BCUT2D eigenvalue weighted by atomic mass is 32.2. The third-order valence-electron chi connectivity index (χ3n) is 3.83. The molecule has 8 nitrogen and oxygen atoms in total. The molecule has 0 saturated heterocycles. The van der Waals surface area contributed by atoms with E-state index in [1.54, 1.807) is 24.3 Å². The molecule has 134 valence electrons. The van der Waals surface area contributed by atoms with E-state index in [1.807, 2.05) is 0 Å². The van der Waals surface area contributed by atoms with E-state index in [9.17, 15) is 22.8 Å². The fourth-order valence-corrected chi connectivity index (χ4v) is 4.13. The van der Waals surface area contributed by atoms with Gasteiger partial charge in [0.1, 0.15) is 11.4 Å². The van der Waals surface area contributed by atoms with Gasteiger partial charge in [0.15, 0.2) is 0 Å². The molecule has 0 aliphatic carbocycles. The molecule has 1 aliphatic rings. The number of hydrogen-bond acceptors (Lipinski definition) is 5. The molecule has 2 N–H and O–H groups in total. The maximum Gasteiger partial charge on any atom is 0.269 e. The fourth-order valence-electron chi connectivity index (χ4n) is 2.60. The van der Waals surface area contributed by atoms with Gasteiger partial charge in [-0.2, -0.15) is 0 Å². The molecule has 3 rings (SSSR count). The molecule has 0 bridgehead atoms. The summed E-state index contributed by atoms with van der Waals surface area (Å²) in [7, 11) is -2.57. The zero-order valence-electron chi connectivity index (χ0n) is 13.7. The number of anilines is 1. The summed E-state index contributed by atoms with van der Waals surface area (Å²) in [4.78, 5) is 36.0. The number of fused-ring (bicyclic) bond motifs is 1. The molecule has 0 spiro atoms. The van der Waals surface area contributed by atoms with Gasteiger partial charge in [-0.15, -0.1) is 0 Å². The second-order valence-electron chi connectivity index (χ2n) is 5.52. The second kappa shape index (κ2) is 6.60. The highest BCUT2D eigenvalue weighted by molar-refractivity contribution is 7.90. The summed E-state index contributed by atoms with van der Waals surface area (Å²) in [5.41, 5.74) is 0.696. The van der Waals surface area contributed by atoms with Crippen LogP contribution in [0.4, 0.5) is 5.69 Å². The summed E-state index contributed by atoms with van der Waals surface area (Å²) in [5.74, 6) is -1.76. The van der Waals surface area contributed by atoms with E-state index >= 15 is 0 Å². The Hall–Kier alpha value is -3.20. The average molecular weight is 373 g/mol. The highest BCUT2D eigenvalue weighted by Gasteiger charge is 2.41. The maximum atomic E-state index is 12.4. The van der Waals surface area contributed by atoms with Gasteiger partial charge in [0, 0.05) is 18.3 Å². The smallest absolute Gasteiger partial charge is 0.269 e. The molecule has 1 heterocycles. The fraction of sp³-hybridized carbons (Fsp3) is 0.118. The van der Waals surface area contributed by atoms with Crippen LogP contribution in [-0.4, -0.2) is 44.0 Å². The maximum absolute atomic E-state index is 12.4. The summed E-state index contributed by atoms with van der Waals surface area (Å²) in [6, 6.07) is 11.9. The lowest BCUT2D eigenvalue weighted by Crippen LogP contribution is -2.37. The van der Waals surface area contributed by atoms with E-state index in [0.717, 1.165) is 0 Å². The van der Waals surface area contributed by atoms with Crippen molar-refractivity contribution in [2.75, 3.05) is 18.9 Å². The third kappa shape index (κ3) is 3.04. The van der Waals surface area contributed by atoms with Gasteiger partial charge in [0.25, 0.3) is 21.8 Å². The molecular formula is C17H15N3O5S. The number of hydrogen-bond donors (Lipinski definition) is 2. The molecular weight excluding hydrogens is 358 g/mol. The van der Waals surface area contributed by atoms with E-state index < -0.39 is 28.4 Å². The van der Waals surface area contributed by atoms with E-state index in [-0.39, 0.29) is 16.4 Å². The van der Waals surface area contributed by atoms with Crippen molar-refractivity contribution in [3.8, 4) is 0 Å². The molecule has 0 atom stereocenters. The molecule has 0 unspecified atom stereocenters. The number of carbonyl (C=O) groups is 3. The van der Waals surface area contributed by atoms with E-state index in [4.69, 9.17) is 0 Å². The van der Waals surface area contributed by atoms with Crippen molar-refractivity contribution in [2.45, 2.75) is 4.90 Å². The van der Waals surface area contributed by atoms with Crippen LogP contribution in [0.15, 0.2) is 53.4 Å². The Bertz CT molecular complexity index is 1020. The van der Waals surface area contributed by atoms with Crippen LogP contribution in [0, 0.1) is 0 Å². The Balaban J connectivity index is 1.78. The molecule has 2 aromatic carbocycles. The first kappa shape index (κ1) is 17.6. The van der Waals surface area contributed by atoms with E-state index in [1.165, 1.54) is 31.3 Å². The Kier molecular flexibility index (Phi) is 4.47. The highest BCUT2D eigenvalue weighted by Crippen LogP contribution is 2.29. The van der Waals surface area contributed by atoms with Gasteiger partial charge >= 0.3 is 0 Å². The number of amides is 3. The standard InChI is InChI=1S/C17H15N3O5S/c1-18-16(22)11-5-4-6-12(9-11)19-15(21)10-20-17(23)13-7-2-3-8-14(13)26(20,24)25/h2-9H,10H2,1H3,(H,18,22)(H,19,21). The molecule has 0 aromatic heterocycles. The lowest BCUT2D eigenvalue weighted by Gasteiger charge is -2.15. The van der Waals surface area contributed by atoms with Crippen LogP contribution in [0.1, 0.15) is 20.7 Å². The van der Waals surface area contributed by atoms with Crippen molar-refractivity contribution in [2.24, 2.45) is 0 Å². The number of nitrogens with one attached hydrogen (secondary N) is 2. The third-order valence-corrected chi connectivity index (χ3v) is 5.62. The zero-order chi connectivity index (χ0) is 18.9. The Morgan fingerprint density at radius 2 is 1.81 bits per heavy atom. The van der Waals surface area contributed by atoms with Crippen LogP contribution in [0.5, 0.6) is 0 Å². The number of benzene rings is 2. The molecule has 3 amide bonds. The first-order valence-corrected chi connectivity index (χ1v) is 9.06. The van der Waals surface area contributed by atoms with Crippen molar-refractivity contribution in [1.29, 1.82) is 0 Å². The monoisotopic (exact) mass is 373 g/mol. The van der Waals surface area contributed by atoms with Gasteiger partial charge in [-0.25, -0.2) is 12.7 Å². The van der Waals surface area contributed by atoms with Crippen molar-refractivity contribution in [1.82, 2.24) is 9.62 Å². The van der Waals surface area contributed by atoms with Crippen LogP contribution in [0.2, 0.25) is 0 Å². The number of carbonyl (C=O) groups excluding carboxylic acids is 3. The summed E-state index contributed by atoms with van der Waals surface area (Å²) in [6.07, 6.45) is 0. The molecule has 26 heavy (non-hydrogen) atoms. The van der Waals surface area contributed by atoms with Gasteiger partial charge in [0.05, 0.1) is 5.56 Å². The minimum atomic E-state index is -4.05. The Morgan fingerprint density at radius 1 is 1.08 bits per heavy atom. The predicted octanol–water partition coefficient (Wildman–Crippen LogP) is 0.829. The van der Waals surface area contributed by atoms with Gasteiger partial charge in [-0.3, -0.25) is 14.4 Å². The lowest BCUT2D eigenvalue weighted by atomic mass is 10.2. The minimum Gasteiger partial charge on any atom is -0.355 e. The second-order valence-corrected chi connectivity index (χ2v) is 7.35. The van der Waals surface area contributed by atoms with Gasteiger partial charge in [-0.1, -0.05) is 18.2 Å². The number of rotatable bonds is 4. The molecule has 0 saturated carbocycles. The molecule has 9 heteroatoms. The predicted molar refractivity (Wildman–Crippen MR) is 93.1 cm³/mol. The van der Waals surface area contributed by atoms with Crippen LogP contribution in [0.25, 0.3) is 0 Å². The normalized spacial score (nSPS) is 14.7. The van der Waals surface area contributed by atoms with Crippen LogP contribution < -0.4 is 10.6 Å². The molecule has 2 aromatic rings. The average Bonchev–Trinajstić information content (AvgIpc) is 2.82. The van der Waals surface area contributed by atoms with E-state index in [0.29, 0.717) is 15.6 Å². The SMILES string of the molecule is CNC(=O)c1cccc(NC(=O)CN2C(=O)c3ccccc3S2(=O)=O)c1. The van der Waals surface area contributed by atoms with Crippen LogP contribution >= 0.6 is 0 Å². The zero-order valence-corrected chi connectivity index (χ0v) is 14.5. The summed E-state index contributed by atoms with van der Waals surface area (Å²) < 4.78 is 25.4. The van der Waals surface area contributed by atoms with Crippen LogP contribution in [-0.2, 0) is 14.8 Å². The Morgan fingerprint density at radius 3 is 2.50 bits per heavy atom. The molecule has 0 fully saturated rings. The van der Waals surface area contributed by atoms with Crippen molar-refractivity contribution < 1.29 is 22.8 Å². The lowest BCUT2D eigenvalue weighted by molar-refractivity contribution is -0.116. The van der Waals surface area contributed by atoms with Crippen LogP contribution in [0.3, 0.4) is 0 Å². The quantitative estimate of drug-likeness (QED) is 0.824. The Labute approximate surface area is 149 Å². The first-order chi connectivity index (χ1) is 12.3. The van der Waals surface area contributed by atoms with E-state index in [2.05, 4.69) is 10.6 Å². The largest absolute Gasteiger partial charge is 0.355 e. The van der Waals surface area contributed by atoms with Crippen molar-refractivity contribution in [3.05, 3.63) is 59.7 Å². The molecule has 1 aliphatic heterocycles. The van der Waals surface area contributed by atoms with Crippen molar-refractivity contribution >= 4 is 33.4 Å². The van der Waals surface area contributed by atoms with Gasteiger partial charge in [-0.05, 0) is 30.3 Å². The number of nitrogens with zero attached hydrogens (tertiary/aromatic N) is 1. The first-order valence-electron chi connectivity index (χ1n) is 7.62. The molecule has 0 radical (unpaired) electrons. The summed E-state index contributed by atoms with van der Waals surface area (Å²) >= 11 is 0. The van der Waals surface area contributed by atoms with Gasteiger partial charge < -0.3 is 10.6 Å². The minimum absolute atomic E-state index is 0.0434.